The number of imide groups is 1. The molecule has 1 saturated heterocycles. The molecule has 2 rings (SSSR count). The van der Waals surface area contributed by atoms with E-state index in [-0.39, 0.29) is 19.3 Å². The van der Waals surface area contributed by atoms with E-state index in [2.05, 4.69) is 0 Å². The quantitative estimate of drug-likeness (QED) is 0.674. The van der Waals surface area contributed by atoms with E-state index in [0.29, 0.717) is 11.5 Å². The average molecular weight is 234 g/mol. The molecule has 0 bridgehead atoms. The number of rotatable bonds is 4. The summed E-state index contributed by atoms with van der Waals surface area (Å²) in [4.78, 5) is 38.5. The molecular weight excluding hydrogens is 222 g/mol. The maximum absolute atomic E-state index is 11.4. The molecule has 0 aromatic heterocycles. The summed E-state index contributed by atoms with van der Waals surface area (Å²) in [5, 5.41) is 0.577. The second-order valence-electron chi connectivity index (χ2n) is 3.84. The van der Waals surface area contributed by atoms with Gasteiger partial charge in [0.1, 0.15) is 0 Å². The maximum Gasteiger partial charge on any atom is 0.333 e. The standard InChI is InChI=1S/C12H12NO4/c14-10-6-7-11(15)13(10)17-12(16)8-5-9-3-1-2-4-9/h1-4H,5-8H2. The van der Waals surface area contributed by atoms with E-state index in [1.54, 1.807) is 0 Å². The molecule has 2 aliphatic rings. The van der Waals surface area contributed by atoms with Crippen LogP contribution in [0.4, 0.5) is 0 Å². The van der Waals surface area contributed by atoms with Gasteiger partial charge in [-0.15, -0.1) is 5.06 Å². The highest BCUT2D eigenvalue weighted by Crippen LogP contribution is 2.27. The molecule has 0 spiro atoms. The fourth-order valence-electron chi connectivity index (χ4n) is 1.63. The molecule has 5 heteroatoms. The molecule has 2 amide bonds. The summed E-state index contributed by atoms with van der Waals surface area (Å²) in [7, 11) is 0. The zero-order chi connectivity index (χ0) is 12.3. The van der Waals surface area contributed by atoms with Gasteiger partial charge in [-0.25, -0.2) is 4.79 Å². The van der Waals surface area contributed by atoms with Gasteiger partial charge in [-0.2, -0.15) is 0 Å². The molecule has 17 heavy (non-hydrogen) atoms. The van der Waals surface area contributed by atoms with Crippen LogP contribution in [0.5, 0.6) is 0 Å². The summed E-state index contributed by atoms with van der Waals surface area (Å²) in [5.41, 5.74) is 0. The van der Waals surface area contributed by atoms with Crippen molar-refractivity contribution in [2.75, 3.05) is 0 Å². The molecule has 0 N–H and O–H groups in total. The Morgan fingerprint density at radius 1 is 1.18 bits per heavy atom. The van der Waals surface area contributed by atoms with Crippen LogP contribution in [-0.2, 0) is 19.2 Å². The molecule has 1 aliphatic heterocycles. The minimum atomic E-state index is -0.560. The van der Waals surface area contributed by atoms with Crippen molar-refractivity contribution in [1.29, 1.82) is 0 Å². The van der Waals surface area contributed by atoms with E-state index in [1.807, 2.05) is 25.7 Å². The van der Waals surface area contributed by atoms with Crippen molar-refractivity contribution in [1.82, 2.24) is 5.06 Å². The zero-order valence-corrected chi connectivity index (χ0v) is 9.22. The number of carbonyl (C=O) groups is 3. The molecule has 89 valence electrons. The molecule has 1 saturated carbocycles. The Balaban J connectivity index is 1.73. The Morgan fingerprint density at radius 3 is 2.35 bits per heavy atom. The highest BCUT2D eigenvalue weighted by atomic mass is 16.7. The summed E-state index contributed by atoms with van der Waals surface area (Å²) >= 11 is 0. The average Bonchev–Trinajstić information content (AvgIpc) is 2.91. The van der Waals surface area contributed by atoms with Gasteiger partial charge in [0.2, 0.25) is 0 Å². The summed E-state index contributed by atoms with van der Waals surface area (Å²) in [6, 6.07) is 0. The third kappa shape index (κ3) is 3.05. The van der Waals surface area contributed by atoms with Crippen LogP contribution in [0.15, 0.2) is 0 Å². The second-order valence-corrected chi connectivity index (χ2v) is 3.84. The van der Waals surface area contributed by atoms with Crippen LogP contribution >= 0.6 is 0 Å². The molecular formula is C12H12NO4. The molecule has 0 atom stereocenters. The van der Waals surface area contributed by atoms with Crippen LogP contribution in [-0.4, -0.2) is 22.8 Å². The number of nitrogens with zero attached hydrogens (tertiary/aromatic N) is 1. The molecule has 5 radical (unpaired) electrons. The van der Waals surface area contributed by atoms with E-state index < -0.39 is 17.8 Å². The molecule has 0 unspecified atom stereocenters. The largest absolute Gasteiger partial charge is 0.333 e. The van der Waals surface area contributed by atoms with Gasteiger partial charge >= 0.3 is 5.97 Å². The van der Waals surface area contributed by atoms with E-state index in [4.69, 9.17) is 4.84 Å². The van der Waals surface area contributed by atoms with E-state index in [1.165, 1.54) is 0 Å². The third-order valence-electron chi connectivity index (χ3n) is 2.55. The predicted molar refractivity (Wildman–Crippen MR) is 56.9 cm³/mol. The van der Waals surface area contributed by atoms with Gasteiger partial charge in [0.15, 0.2) is 0 Å². The van der Waals surface area contributed by atoms with E-state index >= 15 is 0 Å². The first-order chi connectivity index (χ1) is 8.16. The Morgan fingerprint density at radius 2 is 1.76 bits per heavy atom. The minimum absolute atomic E-state index is 0.120. The van der Waals surface area contributed by atoms with Crippen molar-refractivity contribution in [3.05, 3.63) is 31.6 Å². The molecule has 5 nitrogen and oxygen atoms in total. The Labute approximate surface area is 100 Å². The van der Waals surface area contributed by atoms with E-state index in [9.17, 15) is 14.4 Å². The van der Waals surface area contributed by atoms with Gasteiger partial charge in [0.05, 0.1) is 0 Å². The lowest BCUT2D eigenvalue weighted by Crippen LogP contribution is -2.32. The predicted octanol–water partition coefficient (Wildman–Crippen LogP) is 0.779. The highest BCUT2D eigenvalue weighted by molar-refractivity contribution is 6.01. The summed E-state index contributed by atoms with van der Waals surface area (Å²) in [6.45, 7) is 0. The van der Waals surface area contributed by atoms with Crippen molar-refractivity contribution in [3.63, 3.8) is 0 Å². The van der Waals surface area contributed by atoms with E-state index in [0.717, 1.165) is 5.92 Å². The summed E-state index contributed by atoms with van der Waals surface area (Å²) < 4.78 is 0. The molecule has 0 aromatic rings. The van der Waals surface area contributed by atoms with Crippen LogP contribution < -0.4 is 0 Å². The topological polar surface area (TPSA) is 63.7 Å². The first-order valence-electron chi connectivity index (χ1n) is 5.44. The van der Waals surface area contributed by atoms with Gasteiger partial charge in [0.25, 0.3) is 11.8 Å². The van der Waals surface area contributed by atoms with Gasteiger partial charge < -0.3 is 4.84 Å². The van der Waals surface area contributed by atoms with Crippen LogP contribution in [0.1, 0.15) is 25.7 Å². The normalized spacial score (nSPS) is 21.3. The highest BCUT2D eigenvalue weighted by Gasteiger charge is 2.32. The van der Waals surface area contributed by atoms with Crippen molar-refractivity contribution < 1.29 is 19.2 Å². The summed E-state index contributed by atoms with van der Waals surface area (Å²) in [6.07, 6.45) is 8.51. The van der Waals surface area contributed by atoms with Gasteiger partial charge in [-0.3, -0.25) is 9.59 Å². The van der Waals surface area contributed by atoms with Gasteiger partial charge in [0, 0.05) is 19.3 Å². The first kappa shape index (κ1) is 12.1. The number of hydrogen-bond donors (Lipinski definition) is 0. The molecule has 1 aliphatic carbocycles. The van der Waals surface area contributed by atoms with Gasteiger partial charge in [-0.1, -0.05) is 0 Å². The van der Waals surface area contributed by atoms with Gasteiger partial charge in [-0.05, 0) is 38.0 Å². The fraction of sp³-hybridized carbons (Fsp3) is 0.333. The minimum Gasteiger partial charge on any atom is -0.330 e. The lowest BCUT2D eigenvalue weighted by atomic mass is 10.0. The Kier molecular flexibility index (Phi) is 3.76. The van der Waals surface area contributed by atoms with Crippen molar-refractivity contribution in [2.24, 2.45) is 0 Å². The van der Waals surface area contributed by atoms with Crippen molar-refractivity contribution in [3.8, 4) is 0 Å². The molecule has 2 fully saturated rings. The monoisotopic (exact) mass is 234 g/mol. The van der Waals surface area contributed by atoms with Crippen LogP contribution in [0.2, 0.25) is 0 Å². The number of hydrogen-bond acceptors (Lipinski definition) is 4. The Hall–Kier alpha value is -1.39. The SMILES string of the molecule is O=C(CC[C]1[CH][CH][CH][CH]1)ON1C(=O)CCC1=O. The lowest BCUT2D eigenvalue weighted by Gasteiger charge is -2.13. The second kappa shape index (κ2) is 5.29. The van der Waals surface area contributed by atoms with Crippen molar-refractivity contribution in [2.45, 2.75) is 25.7 Å². The number of amides is 2. The van der Waals surface area contributed by atoms with Crippen LogP contribution in [0.25, 0.3) is 0 Å². The zero-order valence-electron chi connectivity index (χ0n) is 9.22. The van der Waals surface area contributed by atoms with Crippen LogP contribution in [0.3, 0.4) is 0 Å². The summed E-state index contributed by atoms with van der Waals surface area (Å²) in [5.74, 6) is -0.427. The number of carbonyl (C=O) groups excluding carboxylic acids is 3. The third-order valence-corrected chi connectivity index (χ3v) is 2.55. The van der Waals surface area contributed by atoms with Crippen LogP contribution in [0, 0.1) is 31.6 Å². The fourth-order valence-corrected chi connectivity index (χ4v) is 1.63. The molecule has 1 heterocycles. The number of hydroxylamine groups is 2. The van der Waals surface area contributed by atoms with Crippen molar-refractivity contribution >= 4 is 17.8 Å². The maximum atomic E-state index is 11.4. The molecule has 0 aromatic carbocycles. The lowest BCUT2D eigenvalue weighted by molar-refractivity contribution is -0.197. The first-order valence-corrected chi connectivity index (χ1v) is 5.44. The smallest absolute Gasteiger partial charge is 0.330 e. The Bertz CT molecular complexity index is 317.